The van der Waals surface area contributed by atoms with Crippen molar-refractivity contribution in [1.82, 2.24) is 15.0 Å². The van der Waals surface area contributed by atoms with Crippen molar-refractivity contribution in [2.24, 2.45) is 5.10 Å². The van der Waals surface area contributed by atoms with Gasteiger partial charge in [0.1, 0.15) is 17.2 Å². The van der Waals surface area contributed by atoms with Gasteiger partial charge in [-0.1, -0.05) is 42.1 Å². The minimum absolute atomic E-state index is 0.0184. The van der Waals surface area contributed by atoms with Crippen LogP contribution in [0.25, 0.3) is 15.9 Å². The van der Waals surface area contributed by atoms with Crippen LogP contribution in [0, 0.1) is 0 Å². The lowest BCUT2D eigenvalue weighted by Crippen LogP contribution is -2.24. The van der Waals surface area contributed by atoms with Crippen molar-refractivity contribution in [3.05, 3.63) is 105 Å². The normalized spacial score (nSPS) is 12.7. The number of carbonyl (C=O) groups excluding carboxylic acids is 1. The van der Waals surface area contributed by atoms with Crippen LogP contribution in [-0.4, -0.2) is 41.6 Å². The van der Waals surface area contributed by atoms with Gasteiger partial charge >= 0.3 is 0 Å². The van der Waals surface area contributed by atoms with Gasteiger partial charge in [0.15, 0.2) is 16.7 Å². The van der Waals surface area contributed by atoms with Crippen molar-refractivity contribution < 1.29 is 19.0 Å². The Bertz CT molecular complexity index is 1900. The zero-order valence-electron chi connectivity index (χ0n) is 24.9. The van der Waals surface area contributed by atoms with Gasteiger partial charge in [-0.3, -0.25) is 14.2 Å². The molecule has 2 heterocycles. The van der Waals surface area contributed by atoms with Crippen molar-refractivity contribution in [3.8, 4) is 22.9 Å². The first kappa shape index (κ1) is 30.4. The van der Waals surface area contributed by atoms with Crippen LogP contribution >= 0.6 is 23.1 Å². The number of methoxy groups -OCH3 is 2. The summed E-state index contributed by atoms with van der Waals surface area (Å²) in [6.07, 6.45) is 5.59. The monoisotopic (exact) mass is 640 g/mol. The molecule has 0 unspecified atom stereocenters. The van der Waals surface area contributed by atoms with E-state index >= 15 is 0 Å². The Morgan fingerprint density at radius 1 is 1.02 bits per heavy atom. The third-order valence-corrected chi connectivity index (χ3v) is 9.57. The molecule has 9 nitrogen and oxygen atoms in total. The molecule has 1 amide bonds. The van der Waals surface area contributed by atoms with Crippen LogP contribution in [0.3, 0.4) is 0 Å². The number of thioether (sulfide) groups is 1. The van der Waals surface area contributed by atoms with Crippen molar-refractivity contribution in [2.45, 2.75) is 37.4 Å². The molecule has 0 radical (unpaired) electrons. The fraction of sp³-hybridized carbons (Fsp3) is 0.235. The molecule has 0 aliphatic heterocycles. The molecule has 3 aromatic carbocycles. The maximum atomic E-state index is 14.0. The lowest BCUT2D eigenvalue weighted by molar-refractivity contribution is -0.118. The van der Waals surface area contributed by atoms with E-state index in [1.807, 2.05) is 60.7 Å². The highest BCUT2D eigenvalue weighted by Crippen LogP contribution is 2.35. The molecular formula is C34H32N4O5S2. The number of ether oxygens (including phenoxy) is 3. The summed E-state index contributed by atoms with van der Waals surface area (Å²) in [6.45, 7) is 0.390. The first-order chi connectivity index (χ1) is 22.0. The summed E-state index contributed by atoms with van der Waals surface area (Å²) in [5, 5.41) is 5.28. The lowest BCUT2D eigenvalue weighted by Gasteiger charge is -2.14. The average Bonchev–Trinajstić information content (AvgIpc) is 3.46. The van der Waals surface area contributed by atoms with E-state index in [2.05, 4.69) is 10.5 Å². The number of amides is 1. The van der Waals surface area contributed by atoms with Gasteiger partial charge in [0, 0.05) is 4.88 Å². The standard InChI is InChI=1S/C34H32N4O5S2/c1-41-25-15-13-24(14-16-25)38-33(40)31-26-10-6-7-11-29(26)45-32(31)36-34(38)44-21-30(39)37-35-19-23-12-17-27(42-2)28(18-23)43-20-22-8-4-3-5-9-22/h3-5,8-9,12-19H,6-7,10-11,20-21H2,1-2H3,(H,37,39). The number of thiophene rings is 1. The highest BCUT2D eigenvalue weighted by molar-refractivity contribution is 7.99. The third kappa shape index (κ3) is 6.89. The quantitative estimate of drug-likeness (QED) is 0.0798. The van der Waals surface area contributed by atoms with Crippen molar-refractivity contribution in [2.75, 3.05) is 20.0 Å². The second-order valence-electron chi connectivity index (χ2n) is 10.4. The summed E-state index contributed by atoms with van der Waals surface area (Å²) in [5.74, 6) is 1.55. The van der Waals surface area contributed by atoms with Crippen LogP contribution in [0.5, 0.6) is 17.2 Å². The molecule has 0 atom stereocenters. The third-order valence-electron chi connectivity index (χ3n) is 7.45. The number of nitrogens with zero attached hydrogens (tertiary/aromatic N) is 3. The molecule has 1 N–H and O–H groups in total. The van der Waals surface area contributed by atoms with Gasteiger partial charge in [-0.05, 0) is 84.8 Å². The summed E-state index contributed by atoms with van der Waals surface area (Å²) < 4.78 is 18.3. The molecular weight excluding hydrogens is 609 g/mol. The second-order valence-corrected chi connectivity index (χ2v) is 12.4. The molecule has 0 saturated heterocycles. The van der Waals surface area contributed by atoms with E-state index < -0.39 is 0 Å². The molecule has 6 rings (SSSR count). The van der Waals surface area contributed by atoms with E-state index in [9.17, 15) is 9.59 Å². The predicted octanol–water partition coefficient (Wildman–Crippen LogP) is 6.16. The van der Waals surface area contributed by atoms with Crippen molar-refractivity contribution in [3.63, 3.8) is 0 Å². The predicted molar refractivity (Wildman–Crippen MR) is 179 cm³/mol. The molecule has 0 spiro atoms. The second kappa shape index (κ2) is 14.0. The summed E-state index contributed by atoms with van der Waals surface area (Å²) in [7, 11) is 3.19. The molecule has 5 aromatic rings. The Labute approximate surface area is 268 Å². The highest BCUT2D eigenvalue weighted by atomic mass is 32.2. The molecule has 0 saturated carbocycles. The summed E-state index contributed by atoms with van der Waals surface area (Å²) in [4.78, 5) is 33.7. The largest absolute Gasteiger partial charge is 0.497 e. The number of hydrogen-bond acceptors (Lipinski definition) is 9. The smallest absolute Gasteiger partial charge is 0.267 e. The molecule has 0 fully saturated rings. The molecule has 45 heavy (non-hydrogen) atoms. The van der Waals surface area contributed by atoms with Crippen molar-refractivity contribution in [1.29, 1.82) is 0 Å². The lowest BCUT2D eigenvalue weighted by atomic mass is 9.97. The number of rotatable bonds is 11. The van der Waals surface area contributed by atoms with Gasteiger partial charge in [0.2, 0.25) is 0 Å². The Morgan fingerprint density at radius 2 is 1.82 bits per heavy atom. The number of benzene rings is 3. The maximum Gasteiger partial charge on any atom is 0.267 e. The summed E-state index contributed by atoms with van der Waals surface area (Å²) in [6, 6.07) is 22.5. The highest BCUT2D eigenvalue weighted by Gasteiger charge is 2.23. The number of hydrazone groups is 1. The topological polar surface area (TPSA) is 104 Å². The fourth-order valence-electron chi connectivity index (χ4n) is 5.21. The van der Waals surface area contributed by atoms with Crippen LogP contribution < -0.4 is 25.2 Å². The van der Waals surface area contributed by atoms with E-state index in [1.54, 1.807) is 48.5 Å². The van der Waals surface area contributed by atoms with Crippen LogP contribution in [-0.2, 0) is 24.2 Å². The zero-order valence-corrected chi connectivity index (χ0v) is 26.6. The minimum atomic E-state index is -0.327. The molecule has 1 aliphatic rings. The van der Waals surface area contributed by atoms with Gasteiger partial charge in [-0.2, -0.15) is 5.10 Å². The Morgan fingerprint density at radius 3 is 2.60 bits per heavy atom. The van der Waals surface area contributed by atoms with Crippen LogP contribution in [0.2, 0.25) is 0 Å². The number of carbonyl (C=O) groups is 1. The zero-order chi connectivity index (χ0) is 31.2. The van der Waals surface area contributed by atoms with E-state index in [-0.39, 0.29) is 17.2 Å². The number of aryl methyl sites for hydroxylation is 2. The van der Waals surface area contributed by atoms with Crippen LogP contribution in [0.4, 0.5) is 0 Å². The first-order valence-corrected chi connectivity index (χ1v) is 16.4. The molecule has 230 valence electrons. The van der Waals surface area contributed by atoms with Crippen LogP contribution in [0.1, 0.15) is 34.4 Å². The van der Waals surface area contributed by atoms with E-state index in [0.717, 1.165) is 47.2 Å². The average molecular weight is 641 g/mol. The van der Waals surface area contributed by atoms with Crippen molar-refractivity contribution >= 4 is 45.4 Å². The number of nitrogens with one attached hydrogen (secondary N) is 1. The minimum Gasteiger partial charge on any atom is -0.497 e. The van der Waals surface area contributed by atoms with Gasteiger partial charge in [-0.25, -0.2) is 10.4 Å². The van der Waals surface area contributed by atoms with Gasteiger partial charge in [0.05, 0.1) is 37.3 Å². The SMILES string of the molecule is COc1ccc(-n2c(SCC(=O)NN=Cc3ccc(OC)c(OCc4ccccc4)c3)nc3sc4c(c3c2=O)CCCC4)cc1. The summed E-state index contributed by atoms with van der Waals surface area (Å²) in [5.41, 5.74) is 6.02. The number of hydrogen-bond donors (Lipinski definition) is 1. The van der Waals surface area contributed by atoms with E-state index in [0.29, 0.717) is 40.1 Å². The number of aromatic nitrogens is 2. The molecule has 0 bridgehead atoms. The fourth-order valence-corrected chi connectivity index (χ4v) is 7.31. The van der Waals surface area contributed by atoms with E-state index in [4.69, 9.17) is 19.2 Å². The van der Waals surface area contributed by atoms with Gasteiger partial charge in [0.25, 0.3) is 11.5 Å². The molecule has 11 heteroatoms. The van der Waals surface area contributed by atoms with Gasteiger partial charge in [-0.15, -0.1) is 11.3 Å². The van der Waals surface area contributed by atoms with Gasteiger partial charge < -0.3 is 14.2 Å². The Balaban J connectivity index is 1.18. The maximum absolute atomic E-state index is 14.0. The Kier molecular flexibility index (Phi) is 9.46. The Hall–Kier alpha value is -4.61. The van der Waals surface area contributed by atoms with E-state index in [1.165, 1.54) is 16.6 Å². The van der Waals surface area contributed by atoms with Crippen LogP contribution in [0.15, 0.2) is 87.8 Å². The summed E-state index contributed by atoms with van der Waals surface area (Å²) >= 11 is 2.79. The number of fused-ring (bicyclic) bond motifs is 3. The molecule has 1 aliphatic carbocycles. The first-order valence-electron chi connectivity index (χ1n) is 14.5. The molecule has 2 aromatic heterocycles.